The summed E-state index contributed by atoms with van der Waals surface area (Å²) in [5, 5.41) is 12.5. The van der Waals surface area contributed by atoms with Gasteiger partial charge in [0.15, 0.2) is 17.8 Å². The van der Waals surface area contributed by atoms with Crippen LogP contribution in [0.1, 0.15) is 11.7 Å². The van der Waals surface area contributed by atoms with Crippen LogP contribution in [-0.4, -0.2) is 38.0 Å². The number of ether oxygens (including phenoxy) is 1. The third kappa shape index (κ3) is 2.15. The largest absolute Gasteiger partial charge is 0.494 e. The molecule has 1 atom stereocenters. The van der Waals surface area contributed by atoms with Crippen molar-refractivity contribution in [2.24, 2.45) is 4.99 Å². The molecule has 0 amide bonds. The number of benzene rings is 2. The Labute approximate surface area is 166 Å². The van der Waals surface area contributed by atoms with Crippen molar-refractivity contribution >= 4 is 18.0 Å². The molecular weight excluding hydrogens is 368 g/mol. The number of anilines is 2. The molecule has 0 N–H and O–H groups in total. The molecule has 0 aliphatic carbocycles. The number of nitrogens with zero attached hydrogens (tertiary/aromatic N) is 8. The van der Waals surface area contributed by atoms with E-state index in [0.717, 1.165) is 28.6 Å². The van der Waals surface area contributed by atoms with Crippen molar-refractivity contribution in [3.63, 3.8) is 0 Å². The summed E-state index contributed by atoms with van der Waals surface area (Å²) in [4.78, 5) is 9.15. The Kier molecular flexibility index (Phi) is 3.25. The summed E-state index contributed by atoms with van der Waals surface area (Å²) in [5.74, 6) is 2.37. The molecule has 1 unspecified atom stereocenters. The lowest BCUT2D eigenvalue weighted by Gasteiger charge is -2.37. The van der Waals surface area contributed by atoms with Crippen LogP contribution in [0.2, 0.25) is 0 Å². The first-order valence-electron chi connectivity index (χ1n) is 9.14. The van der Waals surface area contributed by atoms with Crippen molar-refractivity contribution in [2.75, 3.05) is 17.1 Å². The van der Waals surface area contributed by atoms with Gasteiger partial charge in [-0.25, -0.2) is 20.0 Å². The molecule has 0 saturated heterocycles. The van der Waals surface area contributed by atoms with E-state index in [4.69, 9.17) is 9.73 Å². The summed E-state index contributed by atoms with van der Waals surface area (Å²) >= 11 is 0. The van der Waals surface area contributed by atoms with Crippen molar-refractivity contribution in [1.29, 1.82) is 0 Å². The third-order valence-electron chi connectivity index (χ3n) is 5.19. The van der Waals surface area contributed by atoms with E-state index in [2.05, 4.69) is 37.0 Å². The van der Waals surface area contributed by atoms with Crippen LogP contribution in [0.5, 0.6) is 5.75 Å². The number of rotatable bonds is 3. The van der Waals surface area contributed by atoms with Gasteiger partial charge in [0.2, 0.25) is 0 Å². The Hall–Kier alpha value is -4.14. The quantitative estimate of drug-likeness (QED) is 0.541. The minimum atomic E-state index is -0.184. The predicted molar refractivity (Wildman–Crippen MR) is 108 cm³/mol. The third-order valence-corrected chi connectivity index (χ3v) is 5.19. The number of imidazole rings is 1. The van der Waals surface area contributed by atoms with Crippen molar-refractivity contribution in [2.45, 2.75) is 6.17 Å². The summed E-state index contributed by atoms with van der Waals surface area (Å²) in [6.07, 6.45) is 6.98. The molecule has 2 aliphatic heterocycles. The van der Waals surface area contributed by atoms with Crippen molar-refractivity contribution < 1.29 is 4.74 Å². The lowest BCUT2D eigenvalue weighted by molar-refractivity contribution is 0.411. The number of methoxy groups -OCH3 is 1. The summed E-state index contributed by atoms with van der Waals surface area (Å²) in [7, 11) is 1.64. The van der Waals surface area contributed by atoms with Gasteiger partial charge in [-0.3, -0.25) is 4.57 Å². The monoisotopic (exact) mass is 384 g/mol. The zero-order valence-corrected chi connectivity index (χ0v) is 15.5. The van der Waals surface area contributed by atoms with Crippen molar-refractivity contribution in [1.82, 2.24) is 24.5 Å². The molecular formula is C20H16N8O. The van der Waals surface area contributed by atoms with Gasteiger partial charge in [0.1, 0.15) is 24.1 Å². The van der Waals surface area contributed by atoms with Crippen LogP contribution in [0.25, 0.3) is 11.4 Å². The van der Waals surface area contributed by atoms with Gasteiger partial charge in [0.05, 0.1) is 25.2 Å². The average Bonchev–Trinajstić information content (AvgIpc) is 3.52. The van der Waals surface area contributed by atoms with Gasteiger partial charge in [-0.15, -0.1) is 5.10 Å². The zero-order chi connectivity index (χ0) is 19.4. The van der Waals surface area contributed by atoms with Gasteiger partial charge in [0, 0.05) is 5.56 Å². The van der Waals surface area contributed by atoms with Gasteiger partial charge in [0.25, 0.3) is 0 Å². The fourth-order valence-corrected chi connectivity index (χ4v) is 3.91. The maximum absolute atomic E-state index is 5.52. The van der Waals surface area contributed by atoms with E-state index in [1.807, 2.05) is 53.9 Å². The molecule has 142 valence electrons. The Morgan fingerprint density at radius 2 is 1.76 bits per heavy atom. The minimum absolute atomic E-state index is 0.184. The summed E-state index contributed by atoms with van der Waals surface area (Å²) < 4.78 is 9.32. The Bertz CT molecular complexity index is 1240. The maximum Gasteiger partial charge on any atom is 0.177 e. The van der Waals surface area contributed by atoms with E-state index in [9.17, 15) is 0 Å². The van der Waals surface area contributed by atoms with E-state index in [0.29, 0.717) is 5.75 Å². The van der Waals surface area contributed by atoms with E-state index >= 15 is 0 Å². The number of fused-ring (bicyclic) bond motifs is 6. The number of hydrogen-bond donors (Lipinski definition) is 0. The lowest BCUT2D eigenvalue weighted by atomic mass is 10.1. The molecule has 29 heavy (non-hydrogen) atoms. The van der Waals surface area contributed by atoms with Crippen molar-refractivity contribution in [3.05, 3.63) is 72.8 Å². The first-order chi connectivity index (χ1) is 14.4. The van der Waals surface area contributed by atoms with Crippen LogP contribution >= 0.6 is 0 Å². The first kappa shape index (κ1) is 15.9. The molecule has 9 heteroatoms. The fraction of sp³-hybridized carbons (Fsp3) is 0.100. The van der Waals surface area contributed by atoms with Gasteiger partial charge in [-0.05, 0) is 18.2 Å². The molecule has 0 fully saturated rings. The molecule has 0 radical (unpaired) electrons. The highest BCUT2D eigenvalue weighted by Crippen LogP contribution is 2.43. The van der Waals surface area contributed by atoms with Crippen molar-refractivity contribution in [3.8, 4) is 17.1 Å². The fourth-order valence-electron chi connectivity index (χ4n) is 3.91. The number of hydrogen-bond acceptors (Lipinski definition) is 7. The van der Waals surface area contributed by atoms with Gasteiger partial charge >= 0.3 is 0 Å². The lowest BCUT2D eigenvalue weighted by Crippen LogP contribution is -2.43. The molecule has 0 spiro atoms. The Balaban J connectivity index is 1.50. The molecule has 6 rings (SSSR count). The maximum atomic E-state index is 5.52. The molecule has 0 saturated carbocycles. The molecule has 4 aromatic rings. The summed E-state index contributed by atoms with van der Waals surface area (Å²) in [5.41, 5.74) is 2.98. The first-order valence-corrected chi connectivity index (χ1v) is 9.14. The smallest absolute Gasteiger partial charge is 0.177 e. The molecule has 9 nitrogen and oxygen atoms in total. The molecule has 0 bridgehead atoms. The van der Waals surface area contributed by atoms with Crippen LogP contribution in [-0.2, 0) is 0 Å². The molecule has 4 heterocycles. The van der Waals surface area contributed by atoms with Gasteiger partial charge in [-0.1, -0.05) is 35.5 Å². The second-order valence-corrected chi connectivity index (χ2v) is 6.68. The van der Waals surface area contributed by atoms with E-state index < -0.39 is 0 Å². The highest BCUT2D eigenvalue weighted by Gasteiger charge is 2.39. The molecule has 2 aromatic carbocycles. The number of hydrazine groups is 1. The SMILES string of the molecule is COc1ccccc1-n1nncc1N1C=NC2c3ccccc3-n3cncc3N21. The highest BCUT2D eigenvalue weighted by molar-refractivity contribution is 5.86. The van der Waals surface area contributed by atoms with Crippen LogP contribution in [0.15, 0.2) is 72.2 Å². The second-order valence-electron chi connectivity index (χ2n) is 6.68. The van der Waals surface area contributed by atoms with Crippen LogP contribution < -0.4 is 14.8 Å². The number of aromatic nitrogens is 5. The second kappa shape index (κ2) is 5.93. The Morgan fingerprint density at radius 1 is 0.931 bits per heavy atom. The zero-order valence-electron chi connectivity index (χ0n) is 15.5. The van der Waals surface area contributed by atoms with Crippen LogP contribution in [0, 0.1) is 0 Å². The normalized spacial score (nSPS) is 16.5. The topological polar surface area (TPSA) is 76.6 Å². The standard InChI is InChI=1S/C20H16N8O/c1-29-17-9-5-4-8-16(17)27-19(11-23-24-27)26-13-22-20-14-6-2-3-7-15(14)25-12-21-10-18(25)28(20)26/h2-13,20H,1H3. The summed E-state index contributed by atoms with van der Waals surface area (Å²) in [6.45, 7) is 0. The van der Waals surface area contributed by atoms with Crippen LogP contribution in [0.4, 0.5) is 11.6 Å². The van der Waals surface area contributed by atoms with E-state index in [1.165, 1.54) is 0 Å². The average molecular weight is 384 g/mol. The van der Waals surface area contributed by atoms with Crippen LogP contribution in [0.3, 0.4) is 0 Å². The van der Waals surface area contributed by atoms with E-state index in [-0.39, 0.29) is 6.17 Å². The number of para-hydroxylation sites is 3. The minimum Gasteiger partial charge on any atom is -0.494 e. The van der Waals surface area contributed by atoms with Gasteiger partial charge < -0.3 is 4.74 Å². The number of aliphatic imine (C=N–C) groups is 1. The summed E-state index contributed by atoms with van der Waals surface area (Å²) in [6, 6.07) is 15.9. The predicted octanol–water partition coefficient (Wildman–Crippen LogP) is 2.74. The van der Waals surface area contributed by atoms with Gasteiger partial charge in [-0.2, -0.15) is 4.68 Å². The highest BCUT2D eigenvalue weighted by atomic mass is 16.5. The molecule has 2 aromatic heterocycles. The Morgan fingerprint density at radius 3 is 2.66 bits per heavy atom. The molecule has 2 aliphatic rings. The van der Waals surface area contributed by atoms with E-state index in [1.54, 1.807) is 24.3 Å².